The summed E-state index contributed by atoms with van der Waals surface area (Å²) in [5, 5.41) is 3.66. The van der Waals surface area contributed by atoms with Gasteiger partial charge >= 0.3 is 0 Å². The fourth-order valence-electron chi connectivity index (χ4n) is 3.20. The highest BCUT2D eigenvalue weighted by Crippen LogP contribution is 2.27. The summed E-state index contributed by atoms with van der Waals surface area (Å²) in [6, 6.07) is 4.90. The predicted octanol–water partition coefficient (Wildman–Crippen LogP) is 2.91. The van der Waals surface area contributed by atoms with E-state index in [-0.39, 0.29) is 0 Å². The summed E-state index contributed by atoms with van der Waals surface area (Å²) in [5.41, 5.74) is 1.15. The first kappa shape index (κ1) is 13.7. The van der Waals surface area contributed by atoms with E-state index in [0.717, 1.165) is 43.7 Å². The third-order valence-electron chi connectivity index (χ3n) is 4.55. The molecule has 1 saturated heterocycles. The van der Waals surface area contributed by atoms with E-state index >= 15 is 0 Å². The van der Waals surface area contributed by atoms with Crippen molar-refractivity contribution in [2.24, 2.45) is 5.92 Å². The molecular weight excluding hydrogens is 250 g/mol. The van der Waals surface area contributed by atoms with E-state index in [2.05, 4.69) is 34.3 Å². The van der Waals surface area contributed by atoms with Gasteiger partial charge in [0.1, 0.15) is 5.82 Å². The van der Waals surface area contributed by atoms with Gasteiger partial charge in [-0.2, -0.15) is 0 Å². The molecule has 2 unspecified atom stereocenters. The van der Waals surface area contributed by atoms with Crippen LogP contribution in [0.25, 0.3) is 0 Å². The topological polar surface area (TPSA) is 37.4 Å². The highest BCUT2D eigenvalue weighted by atomic mass is 16.5. The van der Waals surface area contributed by atoms with Crippen LogP contribution in [0.5, 0.6) is 0 Å². The first-order valence-corrected chi connectivity index (χ1v) is 7.88. The van der Waals surface area contributed by atoms with Gasteiger partial charge in [-0.3, -0.25) is 0 Å². The first-order chi connectivity index (χ1) is 9.83. The van der Waals surface area contributed by atoms with E-state index in [9.17, 15) is 0 Å². The molecule has 2 aliphatic rings. The summed E-state index contributed by atoms with van der Waals surface area (Å²) in [6.07, 6.45) is 7.34. The molecular formula is C16H25N3O. The Morgan fingerprint density at radius 3 is 2.70 bits per heavy atom. The van der Waals surface area contributed by atoms with Crippen LogP contribution in [-0.2, 0) is 4.74 Å². The summed E-state index contributed by atoms with van der Waals surface area (Å²) in [7, 11) is 0. The molecule has 1 aromatic heterocycles. The average Bonchev–Trinajstić information content (AvgIpc) is 2.51. The van der Waals surface area contributed by atoms with Crippen molar-refractivity contribution in [3.63, 3.8) is 0 Å². The van der Waals surface area contributed by atoms with E-state index in [1.165, 1.54) is 25.7 Å². The molecule has 2 heterocycles. The molecule has 20 heavy (non-hydrogen) atoms. The van der Waals surface area contributed by atoms with E-state index in [1.54, 1.807) is 0 Å². The zero-order chi connectivity index (χ0) is 13.8. The van der Waals surface area contributed by atoms with Crippen LogP contribution in [0.1, 0.15) is 32.6 Å². The second-order valence-corrected chi connectivity index (χ2v) is 6.02. The average molecular weight is 275 g/mol. The Balaban J connectivity index is 1.60. The Hall–Kier alpha value is -1.29. The van der Waals surface area contributed by atoms with Crippen LogP contribution in [0.3, 0.4) is 0 Å². The van der Waals surface area contributed by atoms with Crippen molar-refractivity contribution in [3.05, 3.63) is 18.3 Å². The number of ether oxygens (including phenoxy) is 1. The SMILES string of the molecule is CC1CCCCC1Nc1ccc(N2CCOCC2)nc1. The number of morpholine rings is 1. The fraction of sp³-hybridized carbons (Fsp3) is 0.688. The lowest BCUT2D eigenvalue weighted by molar-refractivity contribution is 0.122. The lowest BCUT2D eigenvalue weighted by Gasteiger charge is -2.31. The van der Waals surface area contributed by atoms with Crippen LogP contribution in [0, 0.1) is 5.92 Å². The molecule has 2 fully saturated rings. The number of pyridine rings is 1. The van der Waals surface area contributed by atoms with Gasteiger partial charge in [0.05, 0.1) is 25.1 Å². The molecule has 0 bridgehead atoms. The van der Waals surface area contributed by atoms with Crippen LogP contribution >= 0.6 is 0 Å². The van der Waals surface area contributed by atoms with Crippen molar-refractivity contribution in [1.82, 2.24) is 4.98 Å². The highest BCUT2D eigenvalue weighted by molar-refractivity contribution is 5.49. The Morgan fingerprint density at radius 2 is 2.00 bits per heavy atom. The van der Waals surface area contributed by atoms with Crippen LogP contribution < -0.4 is 10.2 Å². The van der Waals surface area contributed by atoms with Crippen molar-refractivity contribution in [3.8, 4) is 0 Å². The molecule has 1 aliphatic heterocycles. The van der Waals surface area contributed by atoms with Crippen molar-refractivity contribution in [2.45, 2.75) is 38.6 Å². The van der Waals surface area contributed by atoms with Gasteiger partial charge in [0, 0.05) is 19.1 Å². The lowest BCUT2D eigenvalue weighted by Crippen LogP contribution is -2.36. The van der Waals surface area contributed by atoms with Crippen molar-refractivity contribution in [1.29, 1.82) is 0 Å². The normalized spacial score (nSPS) is 27.4. The van der Waals surface area contributed by atoms with Crippen LogP contribution in [-0.4, -0.2) is 37.3 Å². The second-order valence-electron chi connectivity index (χ2n) is 6.02. The van der Waals surface area contributed by atoms with Gasteiger partial charge in [0.15, 0.2) is 0 Å². The number of rotatable bonds is 3. The molecule has 4 nitrogen and oxygen atoms in total. The summed E-state index contributed by atoms with van der Waals surface area (Å²) in [5.74, 6) is 1.83. The molecule has 1 aliphatic carbocycles. The quantitative estimate of drug-likeness (QED) is 0.920. The number of hydrogen-bond donors (Lipinski definition) is 1. The van der Waals surface area contributed by atoms with Crippen molar-refractivity contribution < 1.29 is 4.74 Å². The van der Waals surface area contributed by atoms with Crippen molar-refractivity contribution in [2.75, 3.05) is 36.5 Å². The Morgan fingerprint density at radius 1 is 1.20 bits per heavy atom. The Bertz CT molecular complexity index is 414. The minimum absolute atomic E-state index is 0.611. The zero-order valence-corrected chi connectivity index (χ0v) is 12.3. The van der Waals surface area contributed by atoms with Crippen LogP contribution in [0.2, 0.25) is 0 Å². The maximum Gasteiger partial charge on any atom is 0.128 e. The number of anilines is 2. The second kappa shape index (κ2) is 6.44. The largest absolute Gasteiger partial charge is 0.381 e. The summed E-state index contributed by atoms with van der Waals surface area (Å²) >= 11 is 0. The first-order valence-electron chi connectivity index (χ1n) is 7.88. The molecule has 0 spiro atoms. The van der Waals surface area contributed by atoms with Gasteiger partial charge in [-0.15, -0.1) is 0 Å². The summed E-state index contributed by atoms with van der Waals surface area (Å²) < 4.78 is 5.38. The van der Waals surface area contributed by atoms with Gasteiger partial charge < -0.3 is 15.0 Å². The Kier molecular flexibility index (Phi) is 4.41. The number of aromatic nitrogens is 1. The maximum absolute atomic E-state index is 5.38. The van der Waals surface area contributed by atoms with E-state index in [4.69, 9.17) is 4.74 Å². The van der Waals surface area contributed by atoms with Gasteiger partial charge in [-0.25, -0.2) is 4.98 Å². The molecule has 2 atom stereocenters. The maximum atomic E-state index is 5.38. The lowest BCUT2D eigenvalue weighted by atomic mass is 9.86. The minimum atomic E-state index is 0.611. The fourth-order valence-corrected chi connectivity index (χ4v) is 3.20. The molecule has 1 saturated carbocycles. The standard InChI is InChI=1S/C16H25N3O/c1-13-4-2-3-5-15(13)18-14-6-7-16(17-12-14)19-8-10-20-11-9-19/h6-7,12-13,15,18H,2-5,8-11H2,1H3. The van der Waals surface area contributed by atoms with Gasteiger partial charge in [-0.05, 0) is 30.9 Å². The minimum Gasteiger partial charge on any atom is -0.381 e. The van der Waals surface area contributed by atoms with Gasteiger partial charge in [-0.1, -0.05) is 19.8 Å². The molecule has 110 valence electrons. The number of nitrogens with one attached hydrogen (secondary N) is 1. The van der Waals surface area contributed by atoms with Crippen molar-refractivity contribution >= 4 is 11.5 Å². The van der Waals surface area contributed by atoms with E-state index in [1.807, 2.05) is 6.20 Å². The van der Waals surface area contributed by atoms with Crippen LogP contribution in [0.15, 0.2) is 18.3 Å². The summed E-state index contributed by atoms with van der Waals surface area (Å²) in [4.78, 5) is 6.89. The molecule has 1 N–H and O–H groups in total. The molecule has 0 aromatic carbocycles. The zero-order valence-electron chi connectivity index (χ0n) is 12.3. The smallest absolute Gasteiger partial charge is 0.128 e. The monoisotopic (exact) mass is 275 g/mol. The van der Waals surface area contributed by atoms with E-state index < -0.39 is 0 Å². The third-order valence-corrected chi connectivity index (χ3v) is 4.55. The molecule has 1 aromatic rings. The molecule has 3 rings (SSSR count). The molecule has 0 amide bonds. The summed E-state index contributed by atoms with van der Waals surface area (Å²) in [6.45, 7) is 5.85. The van der Waals surface area contributed by atoms with Gasteiger partial charge in [0.2, 0.25) is 0 Å². The Labute approximate surface area is 121 Å². The highest BCUT2D eigenvalue weighted by Gasteiger charge is 2.21. The predicted molar refractivity (Wildman–Crippen MR) is 82.3 cm³/mol. The van der Waals surface area contributed by atoms with Crippen LogP contribution in [0.4, 0.5) is 11.5 Å². The third kappa shape index (κ3) is 3.23. The van der Waals surface area contributed by atoms with E-state index in [0.29, 0.717) is 6.04 Å². The number of hydrogen-bond acceptors (Lipinski definition) is 4. The number of nitrogens with zero attached hydrogens (tertiary/aromatic N) is 2. The molecule has 4 heteroatoms. The molecule has 0 radical (unpaired) electrons. The van der Waals surface area contributed by atoms with Gasteiger partial charge in [0.25, 0.3) is 0 Å².